The summed E-state index contributed by atoms with van der Waals surface area (Å²) in [5, 5.41) is 11.5. The SMILES string of the molecule is CCCc1cc(C(OCOC)(C(F)(F)F)C(F)(F)F)ccc1Oc1ccc([N+](=O)[O-])c(OCc2ccccc2)c1. The second-order valence-electron chi connectivity index (χ2n) is 8.56. The molecule has 0 saturated carbocycles. The number of rotatable bonds is 12. The maximum Gasteiger partial charge on any atom is 0.430 e. The highest BCUT2D eigenvalue weighted by Gasteiger charge is 2.73. The van der Waals surface area contributed by atoms with E-state index in [1.165, 1.54) is 12.1 Å². The summed E-state index contributed by atoms with van der Waals surface area (Å²) in [4.78, 5) is 10.8. The molecule has 3 aromatic carbocycles. The molecule has 0 amide bonds. The van der Waals surface area contributed by atoms with Gasteiger partial charge in [-0.1, -0.05) is 49.7 Å². The van der Waals surface area contributed by atoms with Crippen LogP contribution in [0.3, 0.4) is 0 Å². The third-order valence-electron chi connectivity index (χ3n) is 5.77. The van der Waals surface area contributed by atoms with Gasteiger partial charge in [0.2, 0.25) is 5.75 Å². The normalized spacial score (nSPS) is 12.3. The predicted octanol–water partition coefficient (Wildman–Crippen LogP) is 7.86. The molecule has 13 heteroatoms. The van der Waals surface area contributed by atoms with Crippen molar-refractivity contribution in [2.75, 3.05) is 13.9 Å². The van der Waals surface area contributed by atoms with Gasteiger partial charge in [-0.2, -0.15) is 26.3 Å². The van der Waals surface area contributed by atoms with E-state index in [0.29, 0.717) is 12.5 Å². The zero-order valence-corrected chi connectivity index (χ0v) is 21.3. The van der Waals surface area contributed by atoms with Crippen LogP contribution in [0.1, 0.15) is 30.0 Å². The van der Waals surface area contributed by atoms with Crippen molar-refractivity contribution in [3.8, 4) is 17.2 Å². The minimum absolute atomic E-state index is 0.000638. The van der Waals surface area contributed by atoms with Crippen molar-refractivity contribution in [1.29, 1.82) is 0 Å². The van der Waals surface area contributed by atoms with E-state index in [1.807, 2.05) is 0 Å². The standard InChI is InChI=1S/C27H25F6NO6/c1-3-7-19-14-20(25(26(28,29)30,27(31,32)33)39-17-37-2)10-13-23(19)40-21-11-12-22(34(35)36)24(15-21)38-16-18-8-5-4-6-9-18/h4-6,8-15H,3,7,16-17H2,1-2H3. The molecule has 0 N–H and O–H groups in total. The van der Waals surface area contributed by atoms with E-state index in [4.69, 9.17) is 9.47 Å². The summed E-state index contributed by atoms with van der Waals surface area (Å²) in [6, 6.07) is 14.7. The molecule has 0 aromatic heterocycles. The maximum absolute atomic E-state index is 14.0. The summed E-state index contributed by atoms with van der Waals surface area (Å²) in [5.74, 6) is -0.160. The summed E-state index contributed by atoms with van der Waals surface area (Å²) < 4.78 is 104. The molecule has 3 aromatic rings. The van der Waals surface area contributed by atoms with Crippen LogP contribution < -0.4 is 9.47 Å². The van der Waals surface area contributed by atoms with Crippen LogP contribution in [0.25, 0.3) is 0 Å². The van der Waals surface area contributed by atoms with Gasteiger partial charge in [-0.25, -0.2) is 0 Å². The highest BCUT2D eigenvalue weighted by Crippen LogP contribution is 2.53. The maximum atomic E-state index is 14.0. The molecule has 0 atom stereocenters. The van der Waals surface area contributed by atoms with Gasteiger partial charge in [0.1, 0.15) is 24.9 Å². The van der Waals surface area contributed by atoms with Crippen LogP contribution in [0, 0.1) is 10.1 Å². The van der Waals surface area contributed by atoms with Crippen molar-refractivity contribution < 1.29 is 50.2 Å². The second-order valence-corrected chi connectivity index (χ2v) is 8.56. The summed E-state index contributed by atoms with van der Waals surface area (Å²) in [7, 11) is 0.902. The fraction of sp³-hybridized carbons (Fsp3) is 0.333. The first-order valence-electron chi connectivity index (χ1n) is 11.9. The van der Waals surface area contributed by atoms with Gasteiger partial charge in [-0.3, -0.25) is 10.1 Å². The zero-order valence-electron chi connectivity index (χ0n) is 21.3. The molecule has 0 aliphatic carbocycles. The number of hydrogen-bond donors (Lipinski definition) is 0. The highest BCUT2D eigenvalue weighted by atomic mass is 19.4. The van der Waals surface area contributed by atoms with Crippen LogP contribution in [-0.2, 0) is 28.1 Å². The van der Waals surface area contributed by atoms with E-state index in [0.717, 1.165) is 30.9 Å². The van der Waals surface area contributed by atoms with Crippen molar-refractivity contribution in [2.24, 2.45) is 0 Å². The number of ether oxygens (including phenoxy) is 4. The van der Waals surface area contributed by atoms with Gasteiger partial charge in [0.15, 0.2) is 0 Å². The summed E-state index contributed by atoms with van der Waals surface area (Å²) in [5.41, 5.74) is -5.44. The predicted molar refractivity (Wildman–Crippen MR) is 131 cm³/mol. The molecule has 40 heavy (non-hydrogen) atoms. The Kier molecular flexibility index (Phi) is 9.64. The molecule has 0 fully saturated rings. The van der Waals surface area contributed by atoms with Crippen LogP contribution in [0.2, 0.25) is 0 Å². The number of aryl methyl sites for hydroxylation is 1. The third kappa shape index (κ3) is 6.65. The number of nitro groups is 1. The average molecular weight is 573 g/mol. The Morgan fingerprint density at radius 3 is 2.12 bits per heavy atom. The summed E-state index contributed by atoms with van der Waals surface area (Å²) >= 11 is 0. The fourth-order valence-electron chi connectivity index (χ4n) is 3.93. The van der Waals surface area contributed by atoms with E-state index in [-0.39, 0.29) is 41.5 Å². The number of hydrogen-bond acceptors (Lipinski definition) is 6. The first-order valence-corrected chi connectivity index (χ1v) is 11.9. The lowest BCUT2D eigenvalue weighted by atomic mass is 9.89. The molecule has 0 spiro atoms. The lowest BCUT2D eigenvalue weighted by molar-refractivity contribution is -0.400. The van der Waals surface area contributed by atoms with Gasteiger partial charge in [0, 0.05) is 24.8 Å². The van der Waals surface area contributed by atoms with Gasteiger partial charge >= 0.3 is 18.0 Å². The lowest BCUT2D eigenvalue weighted by Gasteiger charge is -2.37. The highest BCUT2D eigenvalue weighted by molar-refractivity contribution is 5.52. The first kappa shape index (κ1) is 30.7. The molecule has 0 aliphatic rings. The molecular weight excluding hydrogens is 548 g/mol. The monoisotopic (exact) mass is 573 g/mol. The minimum Gasteiger partial charge on any atom is -0.482 e. The molecular formula is C27H25F6NO6. The van der Waals surface area contributed by atoms with Gasteiger partial charge in [0.25, 0.3) is 5.60 Å². The zero-order chi connectivity index (χ0) is 29.6. The molecule has 0 aliphatic heterocycles. The van der Waals surface area contributed by atoms with E-state index >= 15 is 0 Å². The fourth-order valence-corrected chi connectivity index (χ4v) is 3.93. The van der Waals surface area contributed by atoms with Crippen molar-refractivity contribution in [1.82, 2.24) is 0 Å². The number of benzene rings is 3. The Labute approximate surface area is 225 Å². The van der Waals surface area contributed by atoms with Gasteiger partial charge in [0.05, 0.1) is 4.92 Å². The van der Waals surface area contributed by atoms with Crippen molar-refractivity contribution in [3.63, 3.8) is 0 Å². The Morgan fingerprint density at radius 1 is 0.875 bits per heavy atom. The van der Waals surface area contributed by atoms with E-state index < -0.39 is 35.2 Å². The lowest BCUT2D eigenvalue weighted by Crippen LogP contribution is -2.56. The topological polar surface area (TPSA) is 80.1 Å². The molecule has 0 bridgehead atoms. The van der Waals surface area contributed by atoms with Gasteiger partial charge in [-0.15, -0.1) is 0 Å². The summed E-state index contributed by atoms with van der Waals surface area (Å²) in [6.07, 6.45) is -11.3. The Morgan fingerprint density at radius 2 is 1.55 bits per heavy atom. The van der Waals surface area contributed by atoms with Gasteiger partial charge in [-0.05, 0) is 35.7 Å². The minimum atomic E-state index is -5.88. The Bertz CT molecular complexity index is 1280. The van der Waals surface area contributed by atoms with E-state index in [9.17, 15) is 36.5 Å². The quantitative estimate of drug-likeness (QED) is 0.0950. The third-order valence-corrected chi connectivity index (χ3v) is 5.77. The van der Waals surface area contributed by atoms with Crippen molar-refractivity contribution in [3.05, 3.63) is 93.5 Å². The van der Waals surface area contributed by atoms with Crippen molar-refractivity contribution in [2.45, 2.75) is 44.3 Å². The number of nitro benzene ring substituents is 1. The van der Waals surface area contributed by atoms with Crippen molar-refractivity contribution >= 4 is 5.69 Å². The number of halogens is 6. The molecule has 0 heterocycles. The van der Waals surface area contributed by atoms with Gasteiger partial charge < -0.3 is 18.9 Å². The van der Waals surface area contributed by atoms with Crippen LogP contribution in [0.5, 0.6) is 17.2 Å². The van der Waals surface area contributed by atoms with E-state index in [1.54, 1.807) is 37.3 Å². The number of methoxy groups -OCH3 is 1. The van der Waals surface area contributed by atoms with Crippen LogP contribution >= 0.6 is 0 Å². The smallest absolute Gasteiger partial charge is 0.430 e. The molecule has 0 unspecified atom stereocenters. The molecule has 0 radical (unpaired) electrons. The summed E-state index contributed by atoms with van der Waals surface area (Å²) in [6.45, 7) is 0.411. The van der Waals surface area contributed by atoms with Crippen LogP contribution in [0.4, 0.5) is 32.0 Å². The number of nitrogens with zero attached hydrogens (tertiary/aromatic N) is 1. The molecule has 7 nitrogen and oxygen atoms in total. The van der Waals surface area contributed by atoms with Crippen LogP contribution in [0.15, 0.2) is 66.7 Å². The molecule has 3 rings (SSSR count). The number of alkyl halides is 6. The Balaban J connectivity index is 2.02. The van der Waals surface area contributed by atoms with Crippen LogP contribution in [-0.4, -0.2) is 31.2 Å². The first-order chi connectivity index (χ1) is 18.8. The second kappa shape index (κ2) is 12.6. The molecule has 0 saturated heterocycles. The largest absolute Gasteiger partial charge is 0.482 e. The molecule has 216 valence electrons. The average Bonchev–Trinajstić information content (AvgIpc) is 2.88. The Hall–Kier alpha value is -3.84. The van der Waals surface area contributed by atoms with E-state index in [2.05, 4.69) is 9.47 Å².